The van der Waals surface area contributed by atoms with Crippen molar-refractivity contribution in [2.24, 2.45) is 7.05 Å². The molecule has 10 heteroatoms. The first-order valence-electron chi connectivity index (χ1n) is 10.9. The number of ether oxygens (including phenoxy) is 1. The number of benzene rings is 1. The quantitative estimate of drug-likeness (QED) is 0.559. The summed E-state index contributed by atoms with van der Waals surface area (Å²) in [5, 5.41) is 11.4. The van der Waals surface area contributed by atoms with Crippen LogP contribution in [-0.2, 0) is 13.6 Å². The Hall–Kier alpha value is -2.78. The van der Waals surface area contributed by atoms with Gasteiger partial charge in [-0.25, -0.2) is 4.79 Å². The summed E-state index contributed by atoms with van der Waals surface area (Å²) in [6.07, 6.45) is 3.25. The molecule has 1 aliphatic heterocycles. The Morgan fingerprint density at radius 3 is 2.75 bits per heavy atom. The van der Waals surface area contributed by atoms with E-state index >= 15 is 0 Å². The van der Waals surface area contributed by atoms with Crippen LogP contribution >= 0.6 is 11.6 Å². The third-order valence-electron chi connectivity index (χ3n) is 5.99. The minimum Gasteiger partial charge on any atom is -0.491 e. The van der Waals surface area contributed by atoms with Crippen LogP contribution in [0.2, 0.25) is 5.02 Å². The van der Waals surface area contributed by atoms with Gasteiger partial charge in [-0.1, -0.05) is 18.5 Å². The molecular formula is C22H28ClN5O4. The van der Waals surface area contributed by atoms with Crippen molar-refractivity contribution >= 4 is 28.7 Å². The van der Waals surface area contributed by atoms with Crippen LogP contribution in [0.3, 0.4) is 0 Å². The van der Waals surface area contributed by atoms with E-state index in [4.69, 9.17) is 21.3 Å². The number of H-pyrrole nitrogens is 1. The molecule has 3 heterocycles. The molecule has 3 aromatic rings. The van der Waals surface area contributed by atoms with Gasteiger partial charge in [0.1, 0.15) is 18.5 Å². The van der Waals surface area contributed by atoms with E-state index < -0.39 is 17.4 Å². The topological polar surface area (TPSA) is 105 Å². The van der Waals surface area contributed by atoms with Crippen LogP contribution in [0.5, 0.6) is 5.75 Å². The smallest absolute Gasteiger partial charge is 0.329 e. The van der Waals surface area contributed by atoms with Crippen molar-refractivity contribution in [3.8, 4) is 5.75 Å². The molecule has 9 nitrogen and oxygen atoms in total. The van der Waals surface area contributed by atoms with Crippen LogP contribution in [-0.4, -0.2) is 49.5 Å². The maximum absolute atomic E-state index is 12.7. The number of halogens is 1. The molecule has 32 heavy (non-hydrogen) atoms. The van der Waals surface area contributed by atoms with Crippen molar-refractivity contribution in [1.29, 1.82) is 0 Å². The lowest BCUT2D eigenvalue weighted by Crippen LogP contribution is -2.41. The molecule has 0 amide bonds. The summed E-state index contributed by atoms with van der Waals surface area (Å²) in [5.74, 6) is 1.19. The Morgan fingerprint density at radius 2 is 2.03 bits per heavy atom. The van der Waals surface area contributed by atoms with Gasteiger partial charge < -0.3 is 19.3 Å². The molecule has 1 fully saturated rings. The molecule has 1 saturated heterocycles. The zero-order valence-electron chi connectivity index (χ0n) is 18.3. The van der Waals surface area contributed by atoms with E-state index in [2.05, 4.69) is 16.8 Å². The second-order valence-corrected chi connectivity index (χ2v) is 8.62. The average Bonchev–Trinajstić information content (AvgIpc) is 3.16. The standard InChI is InChI=1S/C22H28ClN5O4/c1-3-15-6-4-5-11-27(15)21-24-19-18(20(30)25-22(31)26(19)2)28(21)12-16(29)13-32-17-9-7-14(23)8-10-17/h7-10,15-16,29H,3-6,11-13H2,1-2H3,(H,25,30,31)/t15-,16+/m1/s1. The first kappa shape index (κ1) is 22.4. The van der Waals surface area contributed by atoms with Crippen LogP contribution < -0.4 is 20.9 Å². The van der Waals surface area contributed by atoms with Crippen molar-refractivity contribution in [2.75, 3.05) is 18.1 Å². The lowest BCUT2D eigenvalue weighted by Gasteiger charge is -2.36. The number of hydrogen-bond acceptors (Lipinski definition) is 6. The zero-order valence-corrected chi connectivity index (χ0v) is 19.0. The van der Waals surface area contributed by atoms with Crippen LogP contribution in [0.1, 0.15) is 32.6 Å². The fourth-order valence-electron chi connectivity index (χ4n) is 4.29. The molecule has 0 bridgehead atoms. The molecule has 2 atom stereocenters. The molecule has 1 aromatic carbocycles. The largest absolute Gasteiger partial charge is 0.491 e. The number of aromatic amines is 1. The normalized spacial score (nSPS) is 17.6. The van der Waals surface area contributed by atoms with Crippen molar-refractivity contribution in [2.45, 2.75) is 51.3 Å². The van der Waals surface area contributed by atoms with Crippen molar-refractivity contribution < 1.29 is 9.84 Å². The predicted octanol–water partition coefficient (Wildman–Crippen LogP) is 2.29. The highest BCUT2D eigenvalue weighted by atomic mass is 35.5. The number of aliphatic hydroxyl groups is 1. The molecule has 0 unspecified atom stereocenters. The number of rotatable bonds is 7. The number of hydrogen-bond donors (Lipinski definition) is 2. The number of fused-ring (bicyclic) bond motifs is 1. The highest BCUT2D eigenvalue weighted by Gasteiger charge is 2.28. The predicted molar refractivity (Wildman–Crippen MR) is 124 cm³/mol. The van der Waals surface area contributed by atoms with Gasteiger partial charge >= 0.3 is 5.69 Å². The Kier molecular flexibility index (Phi) is 6.57. The van der Waals surface area contributed by atoms with Gasteiger partial charge in [0.05, 0.1) is 6.54 Å². The van der Waals surface area contributed by atoms with Crippen LogP contribution in [0.25, 0.3) is 11.2 Å². The van der Waals surface area contributed by atoms with E-state index in [0.717, 1.165) is 32.2 Å². The summed E-state index contributed by atoms with van der Waals surface area (Å²) in [5.41, 5.74) is -0.457. The minimum atomic E-state index is -0.900. The molecule has 0 saturated carbocycles. The van der Waals surface area contributed by atoms with Gasteiger partial charge in [0.15, 0.2) is 11.2 Å². The maximum atomic E-state index is 12.7. The monoisotopic (exact) mass is 461 g/mol. The lowest BCUT2D eigenvalue weighted by molar-refractivity contribution is 0.0935. The third kappa shape index (κ3) is 4.40. The van der Waals surface area contributed by atoms with Crippen LogP contribution in [0.4, 0.5) is 5.95 Å². The third-order valence-corrected chi connectivity index (χ3v) is 6.24. The van der Waals surface area contributed by atoms with Gasteiger partial charge in [-0.2, -0.15) is 4.98 Å². The van der Waals surface area contributed by atoms with Gasteiger partial charge in [-0.15, -0.1) is 0 Å². The Morgan fingerprint density at radius 1 is 1.28 bits per heavy atom. The number of nitrogens with zero attached hydrogens (tertiary/aromatic N) is 4. The molecule has 4 rings (SSSR count). The molecule has 2 aromatic heterocycles. The van der Waals surface area contributed by atoms with Gasteiger partial charge in [-0.3, -0.25) is 14.3 Å². The summed E-state index contributed by atoms with van der Waals surface area (Å²) in [6.45, 7) is 3.08. The second-order valence-electron chi connectivity index (χ2n) is 8.18. The summed E-state index contributed by atoms with van der Waals surface area (Å²) >= 11 is 5.90. The number of aliphatic hydroxyl groups excluding tert-OH is 1. The van der Waals surface area contributed by atoms with Crippen molar-refractivity contribution in [3.63, 3.8) is 0 Å². The Balaban J connectivity index is 1.69. The van der Waals surface area contributed by atoms with Crippen molar-refractivity contribution in [1.82, 2.24) is 19.1 Å². The molecule has 172 valence electrons. The van der Waals surface area contributed by atoms with E-state index in [1.54, 1.807) is 35.9 Å². The molecule has 0 radical (unpaired) electrons. The highest BCUT2D eigenvalue weighted by Crippen LogP contribution is 2.28. The van der Waals surface area contributed by atoms with Crippen LogP contribution in [0, 0.1) is 0 Å². The number of imidazole rings is 1. The first-order chi connectivity index (χ1) is 15.4. The van der Waals surface area contributed by atoms with Gasteiger partial charge in [0.2, 0.25) is 5.95 Å². The van der Waals surface area contributed by atoms with Gasteiger partial charge in [0, 0.05) is 24.7 Å². The summed E-state index contributed by atoms with van der Waals surface area (Å²) in [7, 11) is 1.58. The Bertz CT molecular complexity index is 1200. The summed E-state index contributed by atoms with van der Waals surface area (Å²) < 4.78 is 8.74. The maximum Gasteiger partial charge on any atom is 0.329 e. The molecule has 0 spiro atoms. The zero-order chi connectivity index (χ0) is 22.8. The van der Waals surface area contributed by atoms with E-state index in [9.17, 15) is 14.7 Å². The highest BCUT2D eigenvalue weighted by molar-refractivity contribution is 6.30. The van der Waals surface area contributed by atoms with E-state index in [1.165, 1.54) is 4.57 Å². The average molecular weight is 462 g/mol. The second kappa shape index (κ2) is 9.38. The van der Waals surface area contributed by atoms with Gasteiger partial charge in [0.25, 0.3) is 5.56 Å². The van der Waals surface area contributed by atoms with Gasteiger partial charge in [-0.05, 0) is 49.9 Å². The van der Waals surface area contributed by atoms with Crippen LogP contribution in [0.15, 0.2) is 33.9 Å². The molecule has 1 aliphatic rings. The van der Waals surface area contributed by atoms with Crippen molar-refractivity contribution in [3.05, 3.63) is 50.1 Å². The molecule has 0 aliphatic carbocycles. The molecule has 2 N–H and O–H groups in total. The number of aromatic nitrogens is 4. The van der Waals surface area contributed by atoms with E-state index in [-0.39, 0.29) is 24.7 Å². The number of nitrogens with one attached hydrogen (secondary N) is 1. The summed E-state index contributed by atoms with van der Waals surface area (Å²) in [6, 6.07) is 7.18. The first-order valence-corrected chi connectivity index (χ1v) is 11.3. The van der Waals surface area contributed by atoms with E-state index in [0.29, 0.717) is 22.4 Å². The SMILES string of the molecule is CC[C@@H]1CCCCN1c1nc2c(c(=O)[nH]c(=O)n2C)n1C[C@H](O)COc1ccc(Cl)cc1. The Labute approximate surface area is 190 Å². The fourth-order valence-corrected chi connectivity index (χ4v) is 4.42. The lowest BCUT2D eigenvalue weighted by atomic mass is 10.0. The number of aryl methyl sites for hydroxylation is 1. The summed E-state index contributed by atoms with van der Waals surface area (Å²) in [4.78, 5) is 34.1. The fraction of sp³-hybridized carbons (Fsp3) is 0.500. The molecular weight excluding hydrogens is 434 g/mol. The van der Waals surface area contributed by atoms with E-state index in [1.807, 2.05) is 0 Å². The number of anilines is 1. The minimum absolute atomic E-state index is 0.0294. The number of piperidine rings is 1.